The van der Waals surface area contributed by atoms with Crippen molar-refractivity contribution < 1.29 is 37.5 Å². The van der Waals surface area contributed by atoms with Crippen molar-refractivity contribution in [1.82, 2.24) is 34.1 Å². The normalized spacial score (nSPS) is 24.3. The van der Waals surface area contributed by atoms with E-state index in [0.717, 1.165) is 15.7 Å². The van der Waals surface area contributed by atoms with Crippen molar-refractivity contribution in [2.24, 2.45) is 0 Å². The Morgan fingerprint density at radius 3 is 2.19 bits per heavy atom. The van der Waals surface area contributed by atoms with Crippen LogP contribution in [0, 0.1) is 0 Å². The summed E-state index contributed by atoms with van der Waals surface area (Å²) in [5, 5.41) is 0. The highest BCUT2D eigenvalue weighted by Crippen LogP contribution is 2.49. The topological polar surface area (TPSA) is 256 Å². The number of nitrogen functional groups attached to an aromatic ring is 2. The lowest BCUT2D eigenvalue weighted by Crippen LogP contribution is -2.31. The molecular weight excluding hydrogens is 701 g/mol. The fourth-order valence-electron chi connectivity index (χ4n) is 6.05. The molecule has 19 nitrogen and oxygen atoms in total. The first-order valence-electron chi connectivity index (χ1n) is 16.3. The zero-order chi connectivity index (χ0) is 36.2. The summed E-state index contributed by atoms with van der Waals surface area (Å²) >= 11 is 0. The van der Waals surface area contributed by atoms with Gasteiger partial charge in [-0.25, -0.2) is 19.3 Å². The minimum Gasteiger partial charge on any atom is -0.374 e. The average Bonchev–Trinajstić information content (AvgIpc) is 3.84. The molecule has 0 radical (unpaired) electrons. The maximum atomic E-state index is 13.5. The van der Waals surface area contributed by atoms with Crippen molar-refractivity contribution in [2.75, 3.05) is 24.7 Å². The van der Waals surface area contributed by atoms with Crippen LogP contribution in [0.15, 0.2) is 82.9 Å². The number of rotatable bonds is 14. The minimum atomic E-state index is -4.80. The first-order valence-corrected chi connectivity index (χ1v) is 17.8. The standard InChI is InChI=1S/C32H36N9O10P/c33-30-36-18-41(32(43)39-30)26-12-22(23(49-26)15-46-13-19-7-3-1-4-8-19)51-52(44,45)48-16-24-21(47-14-20-9-5-2-6-10-20)11-25(50-24)40-17-35-27-28(40)37-31(34)38-29(27)42/h1-10,17-18,21-26H,11-16H2,(H,44,45)(H2,33,39,43)(H3,34,37,38,42). The molecule has 6 N–H and O–H groups in total. The monoisotopic (exact) mass is 737 g/mol. The third-order valence-electron chi connectivity index (χ3n) is 8.55. The average molecular weight is 738 g/mol. The number of imidazole rings is 1. The van der Waals surface area contributed by atoms with Gasteiger partial charge in [0.25, 0.3) is 5.56 Å². The first kappa shape index (κ1) is 35.5. The van der Waals surface area contributed by atoms with Crippen LogP contribution in [-0.4, -0.2) is 76.6 Å². The van der Waals surface area contributed by atoms with Gasteiger partial charge >= 0.3 is 13.5 Å². The Hall–Kier alpha value is -4.85. The van der Waals surface area contributed by atoms with Gasteiger partial charge < -0.3 is 35.3 Å². The Morgan fingerprint density at radius 1 is 0.846 bits per heavy atom. The Balaban J connectivity index is 1.05. The minimum absolute atomic E-state index is 0.0335. The summed E-state index contributed by atoms with van der Waals surface area (Å²) < 4.78 is 51.7. The molecule has 0 spiro atoms. The summed E-state index contributed by atoms with van der Waals surface area (Å²) in [5.41, 5.74) is 12.2. The molecule has 7 atom stereocenters. The maximum Gasteiger partial charge on any atom is 0.472 e. The van der Waals surface area contributed by atoms with E-state index in [-0.39, 0.29) is 55.7 Å². The van der Waals surface area contributed by atoms with Crippen LogP contribution in [-0.2, 0) is 45.8 Å². The number of aromatic amines is 1. The van der Waals surface area contributed by atoms with E-state index in [4.69, 9.17) is 39.5 Å². The molecule has 2 aromatic carbocycles. The summed E-state index contributed by atoms with van der Waals surface area (Å²) in [7, 11) is -4.80. The molecule has 0 amide bonds. The quantitative estimate of drug-likeness (QED) is 0.119. The zero-order valence-electron chi connectivity index (χ0n) is 27.5. The van der Waals surface area contributed by atoms with Gasteiger partial charge in [0.15, 0.2) is 11.2 Å². The van der Waals surface area contributed by atoms with Gasteiger partial charge in [0, 0.05) is 12.8 Å². The van der Waals surface area contributed by atoms with Crippen molar-refractivity contribution in [2.45, 2.75) is 62.9 Å². The van der Waals surface area contributed by atoms with E-state index in [1.54, 1.807) is 4.57 Å². The Labute approximate surface area is 295 Å². The van der Waals surface area contributed by atoms with Crippen LogP contribution >= 0.6 is 7.82 Å². The fourth-order valence-corrected chi connectivity index (χ4v) is 7.01. The molecule has 0 bridgehead atoms. The summed E-state index contributed by atoms with van der Waals surface area (Å²) in [6.45, 7) is 0.0117. The van der Waals surface area contributed by atoms with E-state index in [1.807, 2.05) is 60.7 Å². The van der Waals surface area contributed by atoms with Gasteiger partial charge in [-0.1, -0.05) is 60.7 Å². The summed E-state index contributed by atoms with van der Waals surface area (Å²) in [6.07, 6.45) is -2.28. The maximum absolute atomic E-state index is 13.5. The van der Waals surface area contributed by atoms with Crippen LogP contribution in [0.25, 0.3) is 11.2 Å². The van der Waals surface area contributed by atoms with Crippen LogP contribution in [0.4, 0.5) is 11.9 Å². The molecule has 52 heavy (non-hydrogen) atoms. The molecule has 7 unspecified atom stereocenters. The number of fused-ring (bicyclic) bond motifs is 1. The third-order valence-corrected chi connectivity index (χ3v) is 9.56. The SMILES string of the molecule is Nc1ncn(C2CC(OP(=O)(O)OCC3OC(n4cnc5c(=O)[nH]c(N)nc54)CC3OCc3ccccc3)C(COCc3ccccc3)O2)c(=O)n1. The third kappa shape index (κ3) is 8.27. The van der Waals surface area contributed by atoms with Crippen molar-refractivity contribution >= 4 is 30.9 Å². The molecule has 20 heteroatoms. The largest absolute Gasteiger partial charge is 0.472 e. The van der Waals surface area contributed by atoms with E-state index in [9.17, 15) is 19.0 Å². The van der Waals surface area contributed by atoms with Gasteiger partial charge in [-0.05, 0) is 11.1 Å². The highest BCUT2D eigenvalue weighted by molar-refractivity contribution is 7.47. The van der Waals surface area contributed by atoms with Crippen LogP contribution < -0.4 is 22.7 Å². The second-order valence-corrected chi connectivity index (χ2v) is 13.6. The van der Waals surface area contributed by atoms with Gasteiger partial charge in [-0.15, -0.1) is 0 Å². The van der Waals surface area contributed by atoms with Crippen LogP contribution in [0.1, 0.15) is 36.4 Å². The number of phosphoric ester groups is 1. The van der Waals surface area contributed by atoms with E-state index >= 15 is 0 Å². The molecule has 5 heterocycles. The lowest BCUT2D eigenvalue weighted by molar-refractivity contribution is -0.0752. The Morgan fingerprint density at radius 2 is 1.48 bits per heavy atom. The number of ether oxygens (including phenoxy) is 4. The highest BCUT2D eigenvalue weighted by Gasteiger charge is 2.44. The van der Waals surface area contributed by atoms with Crippen LogP contribution in [0.3, 0.4) is 0 Å². The lowest BCUT2D eigenvalue weighted by Gasteiger charge is -2.23. The van der Waals surface area contributed by atoms with Gasteiger partial charge in [0.1, 0.15) is 37.1 Å². The fraction of sp³-hybridized carbons (Fsp3) is 0.375. The molecule has 2 aliphatic heterocycles. The zero-order valence-corrected chi connectivity index (χ0v) is 28.4. The Bertz CT molecular complexity index is 2150. The highest BCUT2D eigenvalue weighted by atomic mass is 31.2. The van der Waals surface area contributed by atoms with Gasteiger partial charge in [0.2, 0.25) is 11.9 Å². The molecule has 3 aromatic heterocycles. The number of hydrogen-bond donors (Lipinski definition) is 4. The van der Waals surface area contributed by atoms with Crippen molar-refractivity contribution in [3.8, 4) is 0 Å². The molecule has 274 valence electrons. The van der Waals surface area contributed by atoms with Crippen LogP contribution in [0.2, 0.25) is 0 Å². The molecule has 2 fully saturated rings. The van der Waals surface area contributed by atoms with Crippen molar-refractivity contribution in [1.29, 1.82) is 0 Å². The summed E-state index contributed by atoms with van der Waals surface area (Å²) in [6, 6.07) is 18.9. The number of hydrogen-bond acceptors (Lipinski definition) is 15. The molecule has 2 saturated heterocycles. The second kappa shape index (κ2) is 15.4. The van der Waals surface area contributed by atoms with Crippen molar-refractivity contribution in [3.05, 3.63) is 105 Å². The predicted octanol–water partition coefficient (Wildman–Crippen LogP) is 1.82. The number of benzene rings is 2. The number of nitrogens with one attached hydrogen (secondary N) is 1. The van der Waals surface area contributed by atoms with Gasteiger partial charge in [-0.2, -0.15) is 9.97 Å². The molecule has 0 aliphatic carbocycles. The van der Waals surface area contributed by atoms with Crippen molar-refractivity contribution in [3.63, 3.8) is 0 Å². The molecular formula is C32H36N9O10P. The molecule has 2 aliphatic rings. The lowest BCUT2D eigenvalue weighted by atomic mass is 10.1. The van der Waals surface area contributed by atoms with E-state index in [0.29, 0.717) is 0 Å². The summed E-state index contributed by atoms with van der Waals surface area (Å²) in [5.74, 6) is -0.302. The summed E-state index contributed by atoms with van der Waals surface area (Å²) in [4.78, 5) is 54.2. The number of aromatic nitrogens is 7. The number of nitrogens with two attached hydrogens (primary N) is 2. The Kier molecular flexibility index (Phi) is 10.5. The molecule has 7 rings (SSSR count). The number of H-pyrrole nitrogens is 1. The van der Waals surface area contributed by atoms with Gasteiger partial charge in [0.05, 0.1) is 38.9 Å². The van der Waals surface area contributed by atoms with Gasteiger partial charge in [-0.3, -0.25) is 28.0 Å². The number of nitrogens with zero attached hydrogens (tertiary/aromatic N) is 6. The second-order valence-electron chi connectivity index (χ2n) is 12.2. The van der Waals surface area contributed by atoms with Crippen LogP contribution in [0.5, 0.6) is 0 Å². The first-order chi connectivity index (χ1) is 25.1. The van der Waals surface area contributed by atoms with E-state index in [1.165, 1.54) is 12.7 Å². The molecule has 5 aromatic rings. The number of anilines is 2. The number of phosphoric acid groups is 1. The molecule has 0 saturated carbocycles. The smallest absolute Gasteiger partial charge is 0.374 e. The van der Waals surface area contributed by atoms with E-state index < -0.39 is 62.6 Å². The predicted molar refractivity (Wildman–Crippen MR) is 182 cm³/mol. The van der Waals surface area contributed by atoms with E-state index in [2.05, 4.69) is 24.9 Å².